The molecule has 0 unspecified atom stereocenters. The molecule has 0 aromatic rings. The number of thioether (sulfide) groups is 1. The van der Waals surface area contributed by atoms with E-state index >= 15 is 0 Å². The van der Waals surface area contributed by atoms with Crippen molar-refractivity contribution in [2.75, 3.05) is 49.7 Å². The van der Waals surface area contributed by atoms with E-state index < -0.39 is 21.5 Å². The van der Waals surface area contributed by atoms with E-state index in [0.717, 1.165) is 0 Å². The van der Waals surface area contributed by atoms with Crippen molar-refractivity contribution in [1.82, 2.24) is 15.5 Å². The lowest BCUT2D eigenvalue weighted by atomic mass is 10.4. The van der Waals surface area contributed by atoms with Crippen molar-refractivity contribution >= 4 is 39.3 Å². The molecule has 10 heteroatoms. The summed E-state index contributed by atoms with van der Waals surface area (Å²) in [6.07, 6.45) is 0. The fourth-order valence-electron chi connectivity index (χ4n) is 1.65. The highest BCUT2D eigenvalue weighted by Crippen LogP contribution is 2.04. The molecule has 0 spiro atoms. The molecule has 120 valence electrons. The van der Waals surface area contributed by atoms with Crippen molar-refractivity contribution in [1.29, 1.82) is 0 Å². The quantitative estimate of drug-likeness (QED) is 0.547. The van der Waals surface area contributed by atoms with Crippen LogP contribution in [0.1, 0.15) is 0 Å². The molecule has 2 N–H and O–H groups in total. The van der Waals surface area contributed by atoms with Crippen molar-refractivity contribution in [3.63, 3.8) is 0 Å². The maximum atomic E-state index is 11.6. The Morgan fingerprint density at radius 3 is 2.57 bits per heavy atom. The van der Waals surface area contributed by atoms with Gasteiger partial charge < -0.3 is 15.5 Å². The lowest BCUT2D eigenvalue weighted by Gasteiger charge is -2.26. The molecule has 0 bridgehead atoms. The topological polar surface area (TPSA) is 113 Å². The van der Waals surface area contributed by atoms with E-state index in [1.807, 2.05) is 0 Å². The van der Waals surface area contributed by atoms with Gasteiger partial charge in [0, 0.05) is 26.7 Å². The molecule has 0 radical (unpaired) electrons. The zero-order valence-corrected chi connectivity index (χ0v) is 13.4. The molecule has 0 aromatic carbocycles. The van der Waals surface area contributed by atoms with Gasteiger partial charge in [0.05, 0.1) is 17.3 Å². The third kappa shape index (κ3) is 6.80. The van der Waals surface area contributed by atoms with Crippen LogP contribution in [-0.2, 0) is 24.2 Å². The third-order valence-corrected chi connectivity index (χ3v) is 5.24. The summed E-state index contributed by atoms with van der Waals surface area (Å²) in [7, 11) is -1.72. The minimum Gasteiger partial charge on any atom is -0.358 e. The molecule has 1 heterocycles. The van der Waals surface area contributed by atoms with E-state index in [4.69, 9.17) is 0 Å². The molecule has 3 amide bonds. The second kappa shape index (κ2) is 8.23. The van der Waals surface area contributed by atoms with Crippen LogP contribution in [-0.4, -0.2) is 80.7 Å². The van der Waals surface area contributed by atoms with E-state index in [9.17, 15) is 22.8 Å². The van der Waals surface area contributed by atoms with Crippen molar-refractivity contribution in [2.24, 2.45) is 0 Å². The summed E-state index contributed by atoms with van der Waals surface area (Å²) in [6, 6.07) is 0. The van der Waals surface area contributed by atoms with E-state index in [0.29, 0.717) is 6.54 Å². The number of carbonyl (C=O) groups excluding carboxylic acids is 3. The maximum absolute atomic E-state index is 11.6. The van der Waals surface area contributed by atoms with Crippen molar-refractivity contribution in [3.05, 3.63) is 0 Å². The lowest BCUT2D eigenvalue weighted by Crippen LogP contribution is -2.47. The molecule has 21 heavy (non-hydrogen) atoms. The molecule has 0 atom stereocenters. The minimum absolute atomic E-state index is 0.0331. The van der Waals surface area contributed by atoms with E-state index in [-0.39, 0.29) is 42.2 Å². The Kier molecular flexibility index (Phi) is 6.96. The zero-order chi connectivity index (χ0) is 15.9. The molecule has 1 fully saturated rings. The third-order valence-electron chi connectivity index (χ3n) is 2.82. The van der Waals surface area contributed by atoms with Crippen molar-refractivity contribution in [3.8, 4) is 0 Å². The van der Waals surface area contributed by atoms with Gasteiger partial charge in [0.15, 0.2) is 9.84 Å². The number of amides is 3. The molecule has 0 saturated carbocycles. The molecule has 0 aliphatic carbocycles. The van der Waals surface area contributed by atoms with E-state index in [1.54, 1.807) is 0 Å². The number of rotatable bonds is 7. The number of nitrogens with one attached hydrogen (secondary N) is 2. The SMILES string of the molecule is CNC(=O)CSCC(=O)NCCN1CCS(=O)(=O)CC1=O. The first-order chi connectivity index (χ1) is 9.84. The molecule has 1 aliphatic rings. The lowest BCUT2D eigenvalue weighted by molar-refractivity contribution is -0.129. The summed E-state index contributed by atoms with van der Waals surface area (Å²) in [5, 5.41) is 5.08. The van der Waals surface area contributed by atoms with Crippen LogP contribution < -0.4 is 10.6 Å². The monoisotopic (exact) mass is 337 g/mol. The van der Waals surface area contributed by atoms with Crippen LogP contribution in [0.2, 0.25) is 0 Å². The average molecular weight is 337 g/mol. The van der Waals surface area contributed by atoms with Gasteiger partial charge in [-0.25, -0.2) is 8.42 Å². The smallest absolute Gasteiger partial charge is 0.237 e. The Bertz CT molecular complexity index is 506. The summed E-state index contributed by atoms with van der Waals surface area (Å²) < 4.78 is 22.5. The number of nitrogens with zero attached hydrogens (tertiary/aromatic N) is 1. The Balaban J connectivity index is 2.17. The first-order valence-electron chi connectivity index (χ1n) is 6.37. The Morgan fingerprint density at radius 2 is 1.95 bits per heavy atom. The van der Waals surface area contributed by atoms with Crippen LogP contribution in [0.4, 0.5) is 0 Å². The number of hydrogen-bond acceptors (Lipinski definition) is 6. The minimum atomic E-state index is -3.25. The molecular formula is C11H19N3O5S2. The van der Waals surface area contributed by atoms with E-state index in [1.165, 1.54) is 23.7 Å². The normalized spacial score (nSPS) is 17.4. The number of carbonyl (C=O) groups is 3. The summed E-state index contributed by atoms with van der Waals surface area (Å²) in [5.74, 6) is -0.905. The molecule has 1 saturated heterocycles. The first kappa shape index (κ1) is 17.8. The van der Waals surface area contributed by atoms with Gasteiger partial charge >= 0.3 is 0 Å². The van der Waals surface area contributed by atoms with Crippen LogP contribution in [0.3, 0.4) is 0 Å². The Labute approximate surface area is 127 Å². The summed E-state index contributed by atoms with van der Waals surface area (Å²) >= 11 is 1.20. The van der Waals surface area contributed by atoms with Gasteiger partial charge in [-0.1, -0.05) is 0 Å². The van der Waals surface area contributed by atoms with Crippen LogP contribution in [0.5, 0.6) is 0 Å². The van der Waals surface area contributed by atoms with Gasteiger partial charge in [-0.05, 0) is 0 Å². The Morgan fingerprint density at radius 1 is 1.29 bits per heavy atom. The fraction of sp³-hybridized carbons (Fsp3) is 0.727. The molecule has 1 rings (SSSR count). The molecule has 1 aliphatic heterocycles. The van der Waals surface area contributed by atoms with Crippen LogP contribution in [0.15, 0.2) is 0 Å². The van der Waals surface area contributed by atoms with Crippen molar-refractivity contribution in [2.45, 2.75) is 0 Å². The predicted molar refractivity (Wildman–Crippen MR) is 79.6 cm³/mol. The number of hydrogen-bond donors (Lipinski definition) is 2. The second-order valence-electron chi connectivity index (χ2n) is 4.49. The molecule has 0 aromatic heterocycles. The first-order valence-corrected chi connectivity index (χ1v) is 9.35. The highest BCUT2D eigenvalue weighted by atomic mass is 32.2. The average Bonchev–Trinajstić information content (AvgIpc) is 2.40. The van der Waals surface area contributed by atoms with Crippen molar-refractivity contribution < 1.29 is 22.8 Å². The molecular weight excluding hydrogens is 318 g/mol. The van der Waals surface area contributed by atoms with Gasteiger partial charge in [-0.2, -0.15) is 0 Å². The van der Waals surface area contributed by atoms with Gasteiger partial charge in [0.2, 0.25) is 17.7 Å². The maximum Gasteiger partial charge on any atom is 0.237 e. The molecule has 8 nitrogen and oxygen atoms in total. The summed E-state index contributed by atoms with van der Waals surface area (Å²) in [4.78, 5) is 35.4. The predicted octanol–water partition coefficient (Wildman–Crippen LogP) is -2.16. The summed E-state index contributed by atoms with van der Waals surface area (Å²) in [5.41, 5.74) is 0. The Hall–Kier alpha value is -1.29. The van der Waals surface area contributed by atoms with Gasteiger partial charge in [-0.15, -0.1) is 11.8 Å². The standard InChI is InChI=1S/C11H19N3O5S2/c1-12-9(15)6-20-7-10(16)13-2-3-14-4-5-21(18,19)8-11(14)17/h2-8H2,1H3,(H,12,15)(H,13,16). The van der Waals surface area contributed by atoms with Gasteiger partial charge in [0.25, 0.3) is 0 Å². The van der Waals surface area contributed by atoms with Crippen LogP contribution >= 0.6 is 11.8 Å². The highest BCUT2D eigenvalue weighted by Gasteiger charge is 2.28. The fourth-order valence-corrected chi connectivity index (χ4v) is 3.57. The highest BCUT2D eigenvalue weighted by molar-refractivity contribution is 8.00. The van der Waals surface area contributed by atoms with Crippen LogP contribution in [0, 0.1) is 0 Å². The van der Waals surface area contributed by atoms with Gasteiger partial charge in [-0.3, -0.25) is 14.4 Å². The number of sulfone groups is 1. The second-order valence-corrected chi connectivity index (χ2v) is 7.66. The van der Waals surface area contributed by atoms with Crippen LogP contribution in [0.25, 0.3) is 0 Å². The van der Waals surface area contributed by atoms with Gasteiger partial charge in [0.1, 0.15) is 5.75 Å². The van der Waals surface area contributed by atoms with E-state index in [2.05, 4.69) is 10.6 Å². The zero-order valence-electron chi connectivity index (χ0n) is 11.8. The largest absolute Gasteiger partial charge is 0.358 e. The summed E-state index contributed by atoms with van der Waals surface area (Å²) in [6.45, 7) is 0.730.